The number of carboxylic acids is 1. The van der Waals surface area contributed by atoms with Crippen LogP contribution in [-0.4, -0.2) is 22.6 Å². The molecule has 4 heteroatoms. The minimum Gasteiger partial charge on any atom is -0.481 e. The summed E-state index contributed by atoms with van der Waals surface area (Å²) in [5, 5.41) is 9.29. The second-order valence-corrected chi connectivity index (χ2v) is 8.35. The minimum absolute atomic E-state index is 0.0469. The third kappa shape index (κ3) is 4.49. The molecule has 0 spiro atoms. The van der Waals surface area contributed by atoms with Gasteiger partial charge >= 0.3 is 5.97 Å². The Morgan fingerprint density at radius 3 is 2.07 bits per heavy atom. The van der Waals surface area contributed by atoms with E-state index in [0.717, 1.165) is 18.4 Å². The van der Waals surface area contributed by atoms with Gasteiger partial charge in [-0.15, -0.1) is 0 Å². The number of rotatable bonds is 8. The highest BCUT2D eigenvalue weighted by molar-refractivity contribution is 6.25. The molecule has 0 amide bonds. The molecule has 0 radical (unpaired) electrons. The van der Waals surface area contributed by atoms with Gasteiger partial charge in [-0.25, -0.2) is 0 Å². The quantitative estimate of drug-likeness (QED) is 0.492. The van der Waals surface area contributed by atoms with Gasteiger partial charge in [-0.3, -0.25) is 14.4 Å². The molecule has 1 aromatic rings. The highest BCUT2D eigenvalue weighted by atomic mass is 16.4. The van der Waals surface area contributed by atoms with Crippen LogP contribution in [0.25, 0.3) is 0 Å². The van der Waals surface area contributed by atoms with Gasteiger partial charge in [-0.2, -0.15) is 0 Å². The molecule has 0 heterocycles. The van der Waals surface area contributed by atoms with Crippen molar-refractivity contribution < 1.29 is 19.5 Å². The average molecular weight is 383 g/mol. The summed E-state index contributed by atoms with van der Waals surface area (Å²) in [6.07, 6.45) is 2.83. The van der Waals surface area contributed by atoms with E-state index in [9.17, 15) is 19.5 Å². The van der Waals surface area contributed by atoms with Gasteiger partial charge in [-0.1, -0.05) is 43.2 Å². The summed E-state index contributed by atoms with van der Waals surface area (Å²) >= 11 is 0. The number of hydrogen-bond donors (Lipinski definition) is 1. The summed E-state index contributed by atoms with van der Waals surface area (Å²) in [5.74, 6) is -1.06. The molecule has 0 aromatic heterocycles. The third-order valence-corrected chi connectivity index (χ3v) is 5.91. The molecular weight excluding hydrogens is 352 g/mol. The standard InChI is InChI=1S/C24H30O4/c1-15-16(2)22(26)20(17(3)21(15)25)19(18-11-7-6-8-12-18)13-9-10-14-24(4,5)23(27)28/h6-8,11-12,19H,9-10,13-14H2,1-5H3,(H,27,28). The van der Waals surface area contributed by atoms with Gasteiger partial charge in [0.1, 0.15) is 0 Å². The van der Waals surface area contributed by atoms with Gasteiger partial charge in [0.2, 0.25) is 0 Å². The molecule has 1 aliphatic rings. The van der Waals surface area contributed by atoms with Gasteiger partial charge in [0, 0.05) is 28.2 Å². The molecule has 1 unspecified atom stereocenters. The zero-order valence-corrected chi connectivity index (χ0v) is 17.5. The largest absolute Gasteiger partial charge is 0.481 e. The summed E-state index contributed by atoms with van der Waals surface area (Å²) in [4.78, 5) is 37.0. The van der Waals surface area contributed by atoms with Crippen LogP contribution in [0, 0.1) is 5.41 Å². The first-order chi connectivity index (χ1) is 13.1. The van der Waals surface area contributed by atoms with Crippen LogP contribution >= 0.6 is 0 Å². The molecule has 4 nitrogen and oxygen atoms in total. The molecule has 0 bridgehead atoms. The smallest absolute Gasteiger partial charge is 0.309 e. The Kier molecular flexibility index (Phi) is 6.76. The lowest BCUT2D eigenvalue weighted by Gasteiger charge is -2.27. The maximum Gasteiger partial charge on any atom is 0.309 e. The summed E-state index contributed by atoms with van der Waals surface area (Å²) in [7, 11) is 0. The maximum atomic E-state index is 13.0. The van der Waals surface area contributed by atoms with Gasteiger partial charge in [0.15, 0.2) is 11.6 Å². The number of allylic oxidation sites excluding steroid dienone is 4. The molecule has 1 N–H and O–H groups in total. The summed E-state index contributed by atoms with van der Waals surface area (Å²) in [5.41, 5.74) is 2.44. The number of carbonyl (C=O) groups excluding carboxylic acids is 2. The zero-order valence-electron chi connectivity index (χ0n) is 17.5. The van der Waals surface area contributed by atoms with E-state index in [0.29, 0.717) is 35.1 Å². The fourth-order valence-corrected chi connectivity index (χ4v) is 3.72. The third-order valence-electron chi connectivity index (χ3n) is 5.91. The van der Waals surface area contributed by atoms with Crippen molar-refractivity contribution in [2.24, 2.45) is 5.41 Å². The SMILES string of the molecule is CC1=C(C)C(=O)C(C(CCCCC(C)(C)C(=O)O)c2ccccc2)=C(C)C1=O. The van der Waals surface area contributed by atoms with Crippen LogP contribution < -0.4 is 0 Å². The van der Waals surface area contributed by atoms with E-state index in [1.165, 1.54) is 0 Å². The maximum absolute atomic E-state index is 13.0. The van der Waals surface area contributed by atoms with Crippen LogP contribution in [0.1, 0.15) is 71.8 Å². The lowest BCUT2D eigenvalue weighted by atomic mass is 9.75. The highest BCUT2D eigenvalue weighted by Gasteiger charge is 2.33. The first-order valence-corrected chi connectivity index (χ1v) is 9.84. The van der Waals surface area contributed by atoms with Crippen LogP contribution in [0.2, 0.25) is 0 Å². The number of benzene rings is 1. The molecule has 28 heavy (non-hydrogen) atoms. The fraction of sp³-hybridized carbons (Fsp3) is 0.458. The number of unbranched alkanes of at least 4 members (excludes halogenated alkanes) is 1. The number of carbonyl (C=O) groups is 3. The zero-order chi connectivity index (χ0) is 21.1. The van der Waals surface area contributed by atoms with E-state index < -0.39 is 11.4 Å². The number of hydrogen-bond acceptors (Lipinski definition) is 3. The first kappa shape index (κ1) is 21.8. The second kappa shape index (κ2) is 8.68. The van der Waals surface area contributed by atoms with Crippen molar-refractivity contribution in [3.63, 3.8) is 0 Å². The van der Waals surface area contributed by atoms with Crippen molar-refractivity contribution in [2.75, 3.05) is 0 Å². The highest BCUT2D eigenvalue weighted by Crippen LogP contribution is 2.38. The van der Waals surface area contributed by atoms with Crippen molar-refractivity contribution in [1.82, 2.24) is 0 Å². The number of Topliss-reactive ketones (excluding diaryl/α,β-unsaturated/α-hetero) is 2. The Hall–Kier alpha value is -2.49. The molecule has 0 saturated heterocycles. The van der Waals surface area contributed by atoms with E-state index in [1.54, 1.807) is 34.6 Å². The molecule has 0 saturated carbocycles. The lowest BCUT2D eigenvalue weighted by molar-refractivity contribution is -0.147. The molecule has 0 fully saturated rings. The average Bonchev–Trinajstić information content (AvgIpc) is 2.67. The van der Waals surface area contributed by atoms with Crippen LogP contribution in [0.4, 0.5) is 0 Å². The van der Waals surface area contributed by atoms with Crippen molar-refractivity contribution in [2.45, 2.75) is 66.2 Å². The Morgan fingerprint density at radius 2 is 1.50 bits per heavy atom. The molecule has 1 atom stereocenters. The molecule has 2 rings (SSSR count). The number of carboxylic acid groups (broad SMARTS) is 1. The predicted molar refractivity (Wildman–Crippen MR) is 110 cm³/mol. The van der Waals surface area contributed by atoms with Gasteiger partial charge < -0.3 is 5.11 Å². The summed E-state index contributed by atoms with van der Waals surface area (Å²) in [6, 6.07) is 9.79. The molecule has 1 aliphatic carbocycles. The Balaban J connectivity index is 2.28. The van der Waals surface area contributed by atoms with Gasteiger partial charge in [0.05, 0.1) is 5.41 Å². The molecule has 150 valence electrons. The van der Waals surface area contributed by atoms with Crippen LogP contribution in [0.15, 0.2) is 52.6 Å². The topological polar surface area (TPSA) is 71.4 Å². The minimum atomic E-state index is -0.796. The number of aliphatic carboxylic acids is 1. The Bertz CT molecular complexity index is 841. The van der Waals surface area contributed by atoms with Crippen LogP contribution in [-0.2, 0) is 14.4 Å². The van der Waals surface area contributed by atoms with Crippen molar-refractivity contribution in [3.8, 4) is 0 Å². The van der Waals surface area contributed by atoms with E-state index in [1.807, 2.05) is 30.3 Å². The van der Waals surface area contributed by atoms with Crippen LogP contribution in [0.5, 0.6) is 0 Å². The molecule has 0 aliphatic heterocycles. The molecule has 1 aromatic carbocycles. The van der Waals surface area contributed by atoms with Crippen molar-refractivity contribution >= 4 is 17.5 Å². The van der Waals surface area contributed by atoms with E-state index in [2.05, 4.69) is 0 Å². The van der Waals surface area contributed by atoms with Gasteiger partial charge in [-0.05, 0) is 53.0 Å². The van der Waals surface area contributed by atoms with Crippen molar-refractivity contribution in [1.29, 1.82) is 0 Å². The molecular formula is C24H30O4. The van der Waals surface area contributed by atoms with Gasteiger partial charge in [0.25, 0.3) is 0 Å². The van der Waals surface area contributed by atoms with E-state index >= 15 is 0 Å². The fourth-order valence-electron chi connectivity index (χ4n) is 3.72. The number of ketones is 2. The Morgan fingerprint density at radius 1 is 0.929 bits per heavy atom. The normalized spacial score (nSPS) is 16.6. The monoisotopic (exact) mass is 382 g/mol. The summed E-state index contributed by atoms with van der Waals surface area (Å²) in [6.45, 7) is 8.64. The predicted octanol–water partition coefficient (Wildman–Crippen LogP) is 5.25. The second-order valence-electron chi connectivity index (χ2n) is 8.35. The van der Waals surface area contributed by atoms with E-state index in [-0.39, 0.29) is 17.5 Å². The Labute approximate surface area is 167 Å². The summed E-state index contributed by atoms with van der Waals surface area (Å²) < 4.78 is 0. The van der Waals surface area contributed by atoms with E-state index in [4.69, 9.17) is 0 Å². The lowest BCUT2D eigenvalue weighted by Crippen LogP contribution is -2.25. The van der Waals surface area contributed by atoms with Crippen LogP contribution in [0.3, 0.4) is 0 Å². The first-order valence-electron chi connectivity index (χ1n) is 9.84. The van der Waals surface area contributed by atoms with Crippen molar-refractivity contribution in [3.05, 3.63) is 58.2 Å².